The van der Waals surface area contributed by atoms with Crippen molar-refractivity contribution in [3.8, 4) is 0 Å². The van der Waals surface area contributed by atoms with Crippen molar-refractivity contribution in [3.05, 3.63) is 58.2 Å². The molecule has 2 amide bonds. The number of hydrogen-bond donors (Lipinski definition) is 1. The van der Waals surface area contributed by atoms with Crippen molar-refractivity contribution in [1.29, 1.82) is 0 Å². The normalized spacial score (nSPS) is 14.4. The quantitative estimate of drug-likeness (QED) is 0.776. The summed E-state index contributed by atoms with van der Waals surface area (Å²) >= 11 is 2.19. The van der Waals surface area contributed by atoms with Gasteiger partial charge in [-0.3, -0.25) is 9.59 Å². The molecule has 0 aromatic heterocycles. The van der Waals surface area contributed by atoms with Gasteiger partial charge in [0.2, 0.25) is 5.91 Å². The number of benzene rings is 2. The highest BCUT2D eigenvalue weighted by molar-refractivity contribution is 14.1. The zero-order valence-corrected chi connectivity index (χ0v) is 14.4. The Morgan fingerprint density at radius 1 is 1.09 bits per heavy atom. The number of amides is 2. The van der Waals surface area contributed by atoms with E-state index >= 15 is 0 Å². The number of carbonyl (C=O) groups excluding carboxylic acids is 2. The molecule has 23 heavy (non-hydrogen) atoms. The molecule has 0 saturated heterocycles. The molecule has 116 valence electrons. The lowest BCUT2D eigenvalue weighted by molar-refractivity contribution is -0.118. The average molecular weight is 419 g/mol. The van der Waals surface area contributed by atoms with Crippen LogP contribution in [0.4, 0.5) is 11.4 Å². The first-order valence-electron chi connectivity index (χ1n) is 7.16. The first-order valence-corrected chi connectivity index (χ1v) is 8.24. The molecule has 0 aliphatic carbocycles. The van der Waals surface area contributed by atoms with Gasteiger partial charge in [-0.2, -0.15) is 5.10 Å². The van der Waals surface area contributed by atoms with E-state index in [0.717, 1.165) is 3.57 Å². The number of para-hydroxylation sites is 1. The molecule has 1 aliphatic rings. The molecular formula is C17H14IN3O2. The van der Waals surface area contributed by atoms with Gasteiger partial charge in [-0.15, -0.1) is 0 Å². The van der Waals surface area contributed by atoms with Crippen LogP contribution in [0.15, 0.2) is 59.7 Å². The van der Waals surface area contributed by atoms with E-state index in [9.17, 15) is 9.59 Å². The third-order valence-electron chi connectivity index (χ3n) is 3.38. The van der Waals surface area contributed by atoms with Crippen LogP contribution < -0.4 is 10.3 Å². The summed E-state index contributed by atoms with van der Waals surface area (Å²) in [6, 6.07) is 16.6. The maximum atomic E-state index is 12.4. The van der Waals surface area contributed by atoms with E-state index in [0.29, 0.717) is 23.5 Å². The van der Waals surface area contributed by atoms with Gasteiger partial charge in [-0.25, -0.2) is 5.01 Å². The first kappa shape index (κ1) is 15.7. The number of anilines is 2. The highest BCUT2D eigenvalue weighted by Gasteiger charge is 2.25. The van der Waals surface area contributed by atoms with Crippen molar-refractivity contribution in [2.75, 3.05) is 10.3 Å². The van der Waals surface area contributed by atoms with Crippen LogP contribution in [0.2, 0.25) is 0 Å². The Labute approximate surface area is 147 Å². The van der Waals surface area contributed by atoms with Crippen molar-refractivity contribution in [2.24, 2.45) is 5.10 Å². The zero-order chi connectivity index (χ0) is 16.2. The molecule has 3 rings (SSSR count). The predicted molar refractivity (Wildman–Crippen MR) is 98.4 cm³/mol. The number of carbonyl (C=O) groups is 2. The number of hydrogen-bond acceptors (Lipinski definition) is 3. The van der Waals surface area contributed by atoms with Gasteiger partial charge < -0.3 is 5.32 Å². The average Bonchev–Trinajstić information content (AvgIpc) is 2.56. The van der Waals surface area contributed by atoms with Gasteiger partial charge in [-0.05, 0) is 52.9 Å². The summed E-state index contributed by atoms with van der Waals surface area (Å²) < 4.78 is 1.03. The number of rotatable bonds is 3. The third-order valence-corrected chi connectivity index (χ3v) is 4.05. The molecule has 0 bridgehead atoms. The van der Waals surface area contributed by atoms with Crippen molar-refractivity contribution in [3.63, 3.8) is 0 Å². The molecular weight excluding hydrogens is 405 g/mol. The monoisotopic (exact) mass is 419 g/mol. The molecule has 0 fully saturated rings. The number of nitrogens with one attached hydrogen (secondary N) is 1. The van der Waals surface area contributed by atoms with Crippen LogP contribution in [0.1, 0.15) is 12.8 Å². The lowest BCUT2D eigenvalue weighted by atomic mass is 10.1. The van der Waals surface area contributed by atoms with Crippen LogP contribution in [-0.4, -0.2) is 17.5 Å². The second-order valence-corrected chi connectivity index (χ2v) is 6.30. The van der Waals surface area contributed by atoms with Crippen molar-refractivity contribution in [1.82, 2.24) is 0 Å². The van der Waals surface area contributed by atoms with Crippen molar-refractivity contribution >= 4 is 51.5 Å². The Bertz CT molecular complexity index is 774. The SMILES string of the molecule is O=C(Nc1cccc(I)c1)C1=NN(c2ccccc2)C(=O)CC1. The molecule has 0 spiro atoms. The van der Waals surface area contributed by atoms with Crippen molar-refractivity contribution < 1.29 is 9.59 Å². The Balaban J connectivity index is 1.81. The van der Waals surface area contributed by atoms with Gasteiger partial charge in [0.05, 0.1) is 5.69 Å². The number of hydrazone groups is 1. The van der Waals surface area contributed by atoms with Gasteiger partial charge in [0, 0.05) is 22.1 Å². The fourth-order valence-corrected chi connectivity index (χ4v) is 2.80. The first-order chi connectivity index (χ1) is 11.1. The van der Waals surface area contributed by atoms with Crippen LogP contribution >= 0.6 is 22.6 Å². The standard InChI is InChI=1S/C17H14IN3O2/c18-12-5-4-6-13(11-12)19-17(23)15-9-10-16(22)21(20-15)14-7-2-1-3-8-14/h1-8,11H,9-10H2,(H,19,23). The van der Waals surface area contributed by atoms with Crippen LogP contribution in [0, 0.1) is 3.57 Å². The number of halogens is 1. The Morgan fingerprint density at radius 2 is 1.87 bits per heavy atom. The van der Waals surface area contributed by atoms with Crippen LogP contribution in [-0.2, 0) is 9.59 Å². The van der Waals surface area contributed by atoms with Gasteiger partial charge >= 0.3 is 0 Å². The van der Waals surface area contributed by atoms with Crippen LogP contribution in [0.3, 0.4) is 0 Å². The van der Waals surface area contributed by atoms with E-state index in [2.05, 4.69) is 33.0 Å². The molecule has 0 unspecified atom stereocenters. The predicted octanol–water partition coefficient (Wildman–Crippen LogP) is 3.41. The Kier molecular flexibility index (Phi) is 4.71. The van der Waals surface area contributed by atoms with E-state index in [4.69, 9.17) is 0 Å². The minimum atomic E-state index is -0.277. The molecule has 0 radical (unpaired) electrons. The van der Waals surface area contributed by atoms with Gasteiger partial charge in [0.15, 0.2) is 0 Å². The summed E-state index contributed by atoms with van der Waals surface area (Å²) in [5.74, 6) is -0.387. The summed E-state index contributed by atoms with van der Waals surface area (Å²) in [5.41, 5.74) is 1.73. The van der Waals surface area contributed by atoms with Crippen LogP contribution in [0.5, 0.6) is 0 Å². The summed E-state index contributed by atoms with van der Waals surface area (Å²) in [4.78, 5) is 24.4. The Morgan fingerprint density at radius 3 is 2.61 bits per heavy atom. The highest BCUT2D eigenvalue weighted by Crippen LogP contribution is 2.20. The lowest BCUT2D eigenvalue weighted by Crippen LogP contribution is -2.36. The molecule has 5 nitrogen and oxygen atoms in total. The molecule has 0 atom stereocenters. The minimum Gasteiger partial charge on any atom is -0.321 e. The van der Waals surface area contributed by atoms with E-state index in [1.54, 1.807) is 12.1 Å². The number of nitrogens with zero attached hydrogens (tertiary/aromatic N) is 2. The largest absolute Gasteiger partial charge is 0.321 e. The zero-order valence-electron chi connectivity index (χ0n) is 12.2. The summed E-state index contributed by atoms with van der Waals surface area (Å²) in [7, 11) is 0. The van der Waals surface area contributed by atoms with Gasteiger partial charge in [0.25, 0.3) is 5.91 Å². The van der Waals surface area contributed by atoms with E-state index in [-0.39, 0.29) is 18.2 Å². The topological polar surface area (TPSA) is 61.8 Å². The second-order valence-electron chi connectivity index (χ2n) is 5.05. The molecule has 1 heterocycles. The van der Waals surface area contributed by atoms with Crippen LogP contribution in [0.25, 0.3) is 0 Å². The molecule has 2 aromatic rings. The second kappa shape index (κ2) is 6.91. The van der Waals surface area contributed by atoms with Gasteiger partial charge in [0.1, 0.15) is 5.71 Å². The summed E-state index contributed by atoms with van der Waals surface area (Å²) in [6.07, 6.45) is 0.616. The maximum absolute atomic E-state index is 12.4. The van der Waals surface area contributed by atoms with Gasteiger partial charge in [-0.1, -0.05) is 24.3 Å². The molecule has 1 N–H and O–H groups in total. The molecule has 2 aromatic carbocycles. The third kappa shape index (κ3) is 3.76. The molecule has 1 aliphatic heterocycles. The lowest BCUT2D eigenvalue weighted by Gasteiger charge is -2.23. The van der Waals surface area contributed by atoms with E-state index < -0.39 is 0 Å². The maximum Gasteiger partial charge on any atom is 0.271 e. The van der Waals surface area contributed by atoms with Crippen molar-refractivity contribution in [2.45, 2.75) is 12.8 Å². The summed E-state index contributed by atoms with van der Waals surface area (Å²) in [5, 5.41) is 8.36. The molecule has 0 saturated carbocycles. The molecule has 6 heteroatoms. The summed E-state index contributed by atoms with van der Waals surface area (Å²) in [6.45, 7) is 0. The fourth-order valence-electron chi connectivity index (χ4n) is 2.26. The Hall–Kier alpha value is -2.22. The highest BCUT2D eigenvalue weighted by atomic mass is 127. The van der Waals surface area contributed by atoms with E-state index in [1.165, 1.54) is 5.01 Å². The smallest absolute Gasteiger partial charge is 0.271 e. The van der Waals surface area contributed by atoms with E-state index in [1.807, 2.05) is 42.5 Å². The fraction of sp³-hybridized carbons (Fsp3) is 0.118. The minimum absolute atomic E-state index is 0.109.